The highest BCUT2D eigenvalue weighted by Gasteiger charge is 2.13. The van der Waals surface area contributed by atoms with Gasteiger partial charge in [0.1, 0.15) is 0 Å². The monoisotopic (exact) mass is 402 g/mol. The Morgan fingerprint density at radius 2 is 1.70 bits per heavy atom. The van der Waals surface area contributed by atoms with Crippen LogP contribution in [0.4, 0.5) is 11.4 Å². The van der Waals surface area contributed by atoms with Gasteiger partial charge in [-0.2, -0.15) is 0 Å². The molecule has 0 aliphatic rings. The summed E-state index contributed by atoms with van der Waals surface area (Å²) < 4.78 is 5.54. The molecule has 1 aromatic heterocycles. The zero-order chi connectivity index (χ0) is 19.2. The molecule has 0 spiro atoms. The Kier molecular flexibility index (Phi) is 6.10. The van der Waals surface area contributed by atoms with Crippen LogP contribution < -0.4 is 10.6 Å². The summed E-state index contributed by atoms with van der Waals surface area (Å²) in [7, 11) is 0. The number of hydrogen-bond donors (Lipinski definition) is 2. The fourth-order valence-electron chi connectivity index (χ4n) is 2.18. The molecule has 2 amide bonds. The zero-order valence-corrected chi connectivity index (χ0v) is 15.8. The maximum Gasteiger partial charge on any atom is 0.277 e. The van der Waals surface area contributed by atoms with Crippen LogP contribution in [0.15, 0.2) is 58.2 Å². The molecule has 2 N–H and O–H groups in total. The predicted molar refractivity (Wildman–Crippen MR) is 105 cm³/mol. The maximum absolute atomic E-state index is 12.1. The van der Waals surface area contributed by atoms with Crippen LogP contribution in [0.5, 0.6) is 0 Å². The van der Waals surface area contributed by atoms with E-state index in [0.717, 1.165) is 11.8 Å². The molecule has 0 unspecified atom stereocenters. The molecule has 0 saturated carbocycles. The summed E-state index contributed by atoms with van der Waals surface area (Å²) in [5.74, 6) is 0.0400. The first kappa shape index (κ1) is 18.9. The number of hydrogen-bond acceptors (Lipinski definition) is 6. The third-order valence-corrected chi connectivity index (χ3v) is 4.47. The summed E-state index contributed by atoms with van der Waals surface area (Å²) in [6, 6.07) is 14.0. The van der Waals surface area contributed by atoms with Crippen molar-refractivity contribution in [3.63, 3.8) is 0 Å². The standard InChI is InChI=1S/C18H15ClN4O3S/c1-11(24)20-12-6-8-13(9-7-12)21-16(25)10-27-18-23-22-17(26-18)14-4-2-3-5-15(14)19/h2-9H,10H2,1H3,(H,20,24)(H,21,25). The van der Waals surface area contributed by atoms with Crippen LogP contribution in [-0.4, -0.2) is 27.8 Å². The van der Waals surface area contributed by atoms with Gasteiger partial charge in [0.05, 0.1) is 16.3 Å². The van der Waals surface area contributed by atoms with Gasteiger partial charge in [0.25, 0.3) is 5.22 Å². The molecule has 1 heterocycles. The van der Waals surface area contributed by atoms with Gasteiger partial charge in [-0.25, -0.2) is 0 Å². The minimum atomic E-state index is -0.218. The van der Waals surface area contributed by atoms with Gasteiger partial charge >= 0.3 is 0 Å². The van der Waals surface area contributed by atoms with Gasteiger partial charge in [-0.1, -0.05) is 35.5 Å². The van der Waals surface area contributed by atoms with Crippen LogP contribution in [0.1, 0.15) is 6.92 Å². The Hall–Kier alpha value is -2.84. The lowest BCUT2D eigenvalue weighted by molar-refractivity contribution is -0.114. The summed E-state index contributed by atoms with van der Waals surface area (Å²) >= 11 is 7.23. The molecule has 0 aliphatic carbocycles. The molecule has 0 fully saturated rings. The van der Waals surface area contributed by atoms with Gasteiger partial charge in [0.15, 0.2) is 0 Å². The minimum Gasteiger partial charge on any atom is -0.411 e. The van der Waals surface area contributed by atoms with E-state index in [1.165, 1.54) is 6.92 Å². The normalized spacial score (nSPS) is 10.4. The van der Waals surface area contributed by atoms with Gasteiger partial charge in [-0.15, -0.1) is 10.2 Å². The summed E-state index contributed by atoms with van der Waals surface area (Å²) in [5.41, 5.74) is 1.92. The second-order valence-electron chi connectivity index (χ2n) is 5.45. The topological polar surface area (TPSA) is 97.1 Å². The summed E-state index contributed by atoms with van der Waals surface area (Å²) in [5, 5.41) is 14.1. The van der Waals surface area contributed by atoms with E-state index in [-0.39, 0.29) is 22.8 Å². The minimum absolute atomic E-state index is 0.109. The first-order valence-electron chi connectivity index (χ1n) is 7.90. The lowest BCUT2D eigenvalue weighted by atomic mass is 10.2. The molecule has 3 rings (SSSR count). The fraction of sp³-hybridized carbons (Fsp3) is 0.111. The first-order valence-corrected chi connectivity index (χ1v) is 9.26. The van der Waals surface area contributed by atoms with Crippen molar-refractivity contribution in [2.45, 2.75) is 12.1 Å². The summed E-state index contributed by atoms with van der Waals surface area (Å²) in [4.78, 5) is 23.1. The third kappa shape index (κ3) is 5.32. The molecule has 0 bridgehead atoms. The molecule has 0 atom stereocenters. The highest BCUT2D eigenvalue weighted by Crippen LogP contribution is 2.28. The van der Waals surface area contributed by atoms with Crippen LogP contribution in [0.25, 0.3) is 11.5 Å². The van der Waals surface area contributed by atoms with Crippen LogP contribution in [0.3, 0.4) is 0 Å². The number of anilines is 2. The van der Waals surface area contributed by atoms with Crippen molar-refractivity contribution in [1.82, 2.24) is 10.2 Å². The fourth-order valence-corrected chi connectivity index (χ4v) is 2.96. The van der Waals surface area contributed by atoms with E-state index in [4.69, 9.17) is 16.0 Å². The summed E-state index contributed by atoms with van der Waals surface area (Å²) in [6.07, 6.45) is 0. The van der Waals surface area contributed by atoms with Crippen molar-refractivity contribution in [2.75, 3.05) is 16.4 Å². The first-order chi connectivity index (χ1) is 13.0. The highest BCUT2D eigenvalue weighted by molar-refractivity contribution is 7.99. The summed E-state index contributed by atoms with van der Waals surface area (Å²) in [6.45, 7) is 1.43. The van der Waals surface area contributed by atoms with Gasteiger partial charge in [-0.3, -0.25) is 9.59 Å². The SMILES string of the molecule is CC(=O)Nc1ccc(NC(=O)CSc2nnc(-c3ccccc3Cl)o2)cc1. The van der Waals surface area contributed by atoms with E-state index in [9.17, 15) is 9.59 Å². The Balaban J connectivity index is 1.54. The van der Waals surface area contributed by atoms with Crippen LogP contribution >= 0.6 is 23.4 Å². The number of thioether (sulfide) groups is 1. The van der Waals surface area contributed by atoms with Gasteiger partial charge in [0, 0.05) is 18.3 Å². The van der Waals surface area contributed by atoms with E-state index in [2.05, 4.69) is 20.8 Å². The number of aromatic nitrogens is 2. The van der Waals surface area contributed by atoms with Crippen LogP contribution in [-0.2, 0) is 9.59 Å². The second-order valence-corrected chi connectivity index (χ2v) is 6.78. The molecular formula is C18H15ClN4O3S. The quantitative estimate of drug-likeness (QED) is 0.603. The van der Waals surface area contributed by atoms with E-state index in [1.807, 2.05) is 12.1 Å². The Morgan fingerprint density at radius 3 is 2.37 bits per heavy atom. The number of rotatable bonds is 6. The molecule has 2 aromatic carbocycles. The van der Waals surface area contributed by atoms with E-state index >= 15 is 0 Å². The lowest BCUT2D eigenvalue weighted by Gasteiger charge is -2.06. The van der Waals surface area contributed by atoms with Crippen LogP contribution in [0, 0.1) is 0 Å². The third-order valence-electron chi connectivity index (χ3n) is 3.33. The van der Waals surface area contributed by atoms with Crippen molar-refractivity contribution < 1.29 is 14.0 Å². The zero-order valence-electron chi connectivity index (χ0n) is 14.2. The van der Waals surface area contributed by atoms with E-state index in [1.54, 1.807) is 36.4 Å². The van der Waals surface area contributed by atoms with E-state index < -0.39 is 0 Å². The van der Waals surface area contributed by atoms with Crippen molar-refractivity contribution in [1.29, 1.82) is 0 Å². The smallest absolute Gasteiger partial charge is 0.277 e. The number of nitrogens with one attached hydrogen (secondary N) is 2. The Morgan fingerprint density at radius 1 is 1.04 bits per heavy atom. The highest BCUT2D eigenvalue weighted by atomic mass is 35.5. The van der Waals surface area contributed by atoms with Crippen molar-refractivity contribution >= 4 is 46.6 Å². The average Bonchev–Trinajstić information content (AvgIpc) is 3.10. The molecule has 138 valence electrons. The average molecular weight is 403 g/mol. The molecule has 27 heavy (non-hydrogen) atoms. The number of benzene rings is 2. The largest absolute Gasteiger partial charge is 0.411 e. The van der Waals surface area contributed by atoms with Crippen molar-refractivity contribution in [3.05, 3.63) is 53.6 Å². The molecule has 9 heteroatoms. The van der Waals surface area contributed by atoms with Crippen molar-refractivity contribution in [3.8, 4) is 11.5 Å². The van der Waals surface area contributed by atoms with E-state index in [0.29, 0.717) is 27.9 Å². The van der Waals surface area contributed by atoms with Gasteiger partial charge in [0.2, 0.25) is 17.7 Å². The molecule has 0 aliphatic heterocycles. The number of nitrogens with zero attached hydrogens (tertiary/aromatic N) is 2. The molecule has 3 aromatic rings. The van der Waals surface area contributed by atoms with Gasteiger partial charge < -0.3 is 15.1 Å². The molecule has 0 saturated heterocycles. The van der Waals surface area contributed by atoms with Crippen LogP contribution in [0.2, 0.25) is 5.02 Å². The number of carbonyl (C=O) groups is 2. The molecular weight excluding hydrogens is 388 g/mol. The predicted octanol–water partition coefficient (Wildman–Crippen LogP) is 4.08. The Labute approximate surface area is 164 Å². The number of amides is 2. The van der Waals surface area contributed by atoms with Gasteiger partial charge in [-0.05, 0) is 36.4 Å². The molecule has 7 nitrogen and oxygen atoms in total. The number of carbonyl (C=O) groups excluding carboxylic acids is 2. The second kappa shape index (κ2) is 8.70. The Bertz CT molecular complexity index is 959. The lowest BCUT2D eigenvalue weighted by Crippen LogP contribution is -2.14. The number of halogens is 1. The van der Waals surface area contributed by atoms with Crippen molar-refractivity contribution in [2.24, 2.45) is 0 Å². The molecule has 0 radical (unpaired) electrons. The maximum atomic E-state index is 12.1.